The molecule has 0 aliphatic carbocycles. The third-order valence-corrected chi connectivity index (χ3v) is 5.33. The van der Waals surface area contributed by atoms with Gasteiger partial charge in [-0.25, -0.2) is 0 Å². The fourth-order valence-corrected chi connectivity index (χ4v) is 3.73. The van der Waals surface area contributed by atoms with Crippen molar-refractivity contribution >= 4 is 28.4 Å². The smallest absolute Gasteiger partial charge is 0.280 e. The summed E-state index contributed by atoms with van der Waals surface area (Å²) >= 11 is 6.34. The number of nitrogens with two attached hydrogens (primary N) is 1. The van der Waals surface area contributed by atoms with Gasteiger partial charge in [0.15, 0.2) is 0 Å². The molecule has 0 aliphatic rings. The Balaban J connectivity index is 1.94. The molecule has 29 heavy (non-hydrogen) atoms. The van der Waals surface area contributed by atoms with E-state index in [-0.39, 0.29) is 12.5 Å². The fourth-order valence-electron chi connectivity index (χ4n) is 3.43. The van der Waals surface area contributed by atoms with Gasteiger partial charge in [0.05, 0.1) is 22.7 Å². The van der Waals surface area contributed by atoms with Gasteiger partial charge in [-0.1, -0.05) is 60.1 Å². The molecule has 3 aromatic carbocycles. The van der Waals surface area contributed by atoms with Gasteiger partial charge < -0.3 is 10.8 Å². The third-order valence-electron chi connectivity index (χ3n) is 5.02. The lowest BCUT2D eigenvalue weighted by Gasteiger charge is -2.08. The van der Waals surface area contributed by atoms with Crippen LogP contribution in [0.2, 0.25) is 5.02 Å². The number of aliphatic hydroxyl groups is 1. The fraction of sp³-hybridized carbons (Fsp3) is 0.130. The summed E-state index contributed by atoms with van der Waals surface area (Å²) in [6.07, 6.45) is 0. The molecule has 0 fully saturated rings. The molecule has 0 saturated carbocycles. The largest absolute Gasteiger partial charge is 0.392 e. The number of aromatic nitrogens is 2. The van der Waals surface area contributed by atoms with Crippen LogP contribution in [-0.4, -0.2) is 20.8 Å². The predicted octanol–water partition coefficient (Wildman–Crippen LogP) is 4.30. The molecule has 3 N–H and O–H groups in total. The van der Waals surface area contributed by atoms with E-state index < -0.39 is 0 Å². The normalized spacial score (nSPS) is 11.2. The van der Waals surface area contributed by atoms with E-state index in [1.807, 2.05) is 61.5 Å². The molecule has 146 valence electrons. The molecule has 0 saturated heterocycles. The Kier molecular flexibility index (Phi) is 5.20. The first-order valence-corrected chi connectivity index (χ1v) is 9.63. The second-order valence-corrected chi connectivity index (χ2v) is 7.32. The van der Waals surface area contributed by atoms with E-state index >= 15 is 0 Å². The lowest BCUT2D eigenvalue weighted by atomic mass is 10.0. The van der Waals surface area contributed by atoms with Crippen molar-refractivity contribution in [1.29, 1.82) is 0 Å². The minimum Gasteiger partial charge on any atom is -0.392 e. The number of rotatable bonds is 4. The van der Waals surface area contributed by atoms with Crippen LogP contribution in [0.15, 0.2) is 60.7 Å². The lowest BCUT2D eigenvalue weighted by molar-refractivity contribution is 0.0950. The summed E-state index contributed by atoms with van der Waals surface area (Å²) in [5.41, 5.74) is 11.0. The van der Waals surface area contributed by atoms with Crippen molar-refractivity contribution in [2.45, 2.75) is 20.1 Å². The number of fused-ring (bicyclic) bond motifs is 1. The maximum atomic E-state index is 13.4. The molecule has 0 unspecified atom stereocenters. The second-order valence-electron chi connectivity index (χ2n) is 6.91. The minimum absolute atomic E-state index is 0.0282. The van der Waals surface area contributed by atoms with Gasteiger partial charge in [-0.3, -0.25) is 4.79 Å². The molecule has 4 rings (SSSR count). The molecule has 5 nitrogen and oxygen atoms in total. The van der Waals surface area contributed by atoms with Crippen LogP contribution < -0.4 is 5.73 Å². The monoisotopic (exact) mass is 405 g/mol. The maximum Gasteiger partial charge on any atom is 0.280 e. The highest BCUT2D eigenvalue weighted by molar-refractivity contribution is 6.34. The lowest BCUT2D eigenvalue weighted by Crippen LogP contribution is -2.15. The number of nitrogens with zero attached hydrogens (tertiary/aromatic N) is 2. The summed E-state index contributed by atoms with van der Waals surface area (Å²) in [7, 11) is 0. The number of carbonyl (C=O) groups is 1. The van der Waals surface area contributed by atoms with Crippen LogP contribution in [0.4, 0.5) is 0 Å². The number of hydrogen-bond donors (Lipinski definition) is 2. The molecule has 6 heteroatoms. The number of hydrogen-bond acceptors (Lipinski definition) is 4. The SMILES string of the molecule is Cc1cccc(Cl)c1C(=O)n1nc(-c2ccc(CO)cc2)c2ccc(CN)cc21. The van der Waals surface area contributed by atoms with Crippen LogP contribution in [-0.2, 0) is 13.2 Å². The zero-order valence-electron chi connectivity index (χ0n) is 15.9. The molecule has 0 amide bonds. The standard InChI is InChI=1S/C23H20ClN3O2/c1-14-3-2-4-19(24)21(14)23(29)27-20-11-16(12-25)7-10-18(20)22(26-27)17-8-5-15(13-28)6-9-17/h2-11,28H,12-13,25H2,1H3. The molecular formula is C23H20ClN3O2. The highest BCUT2D eigenvalue weighted by Gasteiger charge is 2.21. The summed E-state index contributed by atoms with van der Waals surface area (Å²) in [5.74, 6) is -0.287. The van der Waals surface area contributed by atoms with E-state index in [4.69, 9.17) is 17.3 Å². The average molecular weight is 406 g/mol. The van der Waals surface area contributed by atoms with Gasteiger partial charge >= 0.3 is 0 Å². The first kappa shape index (κ1) is 19.3. The van der Waals surface area contributed by atoms with Gasteiger partial charge in [0.1, 0.15) is 5.69 Å². The summed E-state index contributed by atoms with van der Waals surface area (Å²) < 4.78 is 1.40. The molecular weight excluding hydrogens is 386 g/mol. The first-order chi connectivity index (χ1) is 14.0. The van der Waals surface area contributed by atoms with E-state index in [0.717, 1.165) is 27.6 Å². The van der Waals surface area contributed by atoms with Crippen LogP contribution in [0, 0.1) is 6.92 Å². The predicted molar refractivity (Wildman–Crippen MR) is 115 cm³/mol. The molecule has 0 radical (unpaired) electrons. The molecule has 1 heterocycles. The van der Waals surface area contributed by atoms with Gasteiger partial charge in [0.2, 0.25) is 0 Å². The topological polar surface area (TPSA) is 81.1 Å². The van der Waals surface area contributed by atoms with E-state index in [1.54, 1.807) is 6.07 Å². The zero-order chi connectivity index (χ0) is 20.5. The van der Waals surface area contributed by atoms with E-state index in [9.17, 15) is 9.90 Å². The van der Waals surface area contributed by atoms with Gasteiger partial charge in [-0.05, 0) is 35.7 Å². The highest BCUT2D eigenvalue weighted by Crippen LogP contribution is 2.31. The van der Waals surface area contributed by atoms with Crippen LogP contribution in [0.25, 0.3) is 22.2 Å². The van der Waals surface area contributed by atoms with Gasteiger partial charge in [0, 0.05) is 17.5 Å². The summed E-state index contributed by atoms with van der Waals surface area (Å²) in [4.78, 5) is 13.4. The van der Waals surface area contributed by atoms with Crippen molar-refractivity contribution in [3.63, 3.8) is 0 Å². The number of aryl methyl sites for hydroxylation is 1. The molecule has 4 aromatic rings. The Morgan fingerprint density at radius 1 is 1.10 bits per heavy atom. The van der Waals surface area contributed by atoms with Crippen LogP contribution >= 0.6 is 11.6 Å². The first-order valence-electron chi connectivity index (χ1n) is 9.25. The second kappa shape index (κ2) is 7.79. The van der Waals surface area contributed by atoms with Crippen molar-refractivity contribution in [2.75, 3.05) is 0 Å². The zero-order valence-corrected chi connectivity index (χ0v) is 16.6. The highest BCUT2D eigenvalue weighted by atomic mass is 35.5. The third kappa shape index (κ3) is 3.44. The van der Waals surface area contributed by atoms with Crippen molar-refractivity contribution < 1.29 is 9.90 Å². The Morgan fingerprint density at radius 3 is 2.48 bits per heavy atom. The van der Waals surface area contributed by atoms with E-state index in [2.05, 4.69) is 5.10 Å². The Bertz CT molecular complexity index is 1190. The van der Waals surface area contributed by atoms with Gasteiger partial charge in [-0.2, -0.15) is 9.78 Å². The van der Waals surface area contributed by atoms with Gasteiger partial charge in [0.25, 0.3) is 5.91 Å². The number of aliphatic hydroxyl groups excluding tert-OH is 1. The van der Waals surface area contributed by atoms with Crippen LogP contribution in [0.1, 0.15) is 27.0 Å². The summed E-state index contributed by atoms with van der Waals surface area (Å²) in [5, 5.41) is 15.2. The van der Waals surface area contributed by atoms with E-state index in [0.29, 0.717) is 28.3 Å². The van der Waals surface area contributed by atoms with E-state index in [1.165, 1.54) is 4.68 Å². The maximum absolute atomic E-state index is 13.4. The van der Waals surface area contributed by atoms with Gasteiger partial charge in [-0.15, -0.1) is 0 Å². The Morgan fingerprint density at radius 2 is 1.83 bits per heavy atom. The number of halogens is 1. The molecule has 1 aromatic heterocycles. The molecule has 0 bridgehead atoms. The summed E-state index contributed by atoms with van der Waals surface area (Å²) in [6, 6.07) is 18.6. The molecule has 0 atom stereocenters. The molecule has 0 aliphatic heterocycles. The Hall–Kier alpha value is -2.99. The van der Waals surface area contributed by atoms with Crippen molar-refractivity contribution in [1.82, 2.24) is 9.78 Å². The average Bonchev–Trinajstić information content (AvgIpc) is 3.12. The quantitative estimate of drug-likeness (QED) is 0.530. The Labute approximate surface area is 173 Å². The van der Waals surface area contributed by atoms with Crippen molar-refractivity contribution in [3.05, 3.63) is 87.9 Å². The molecule has 0 spiro atoms. The minimum atomic E-state index is -0.287. The summed E-state index contributed by atoms with van der Waals surface area (Å²) in [6.45, 7) is 2.19. The number of carbonyl (C=O) groups excluding carboxylic acids is 1. The van der Waals surface area contributed by atoms with Crippen LogP contribution in [0.5, 0.6) is 0 Å². The van der Waals surface area contributed by atoms with Crippen molar-refractivity contribution in [2.24, 2.45) is 5.73 Å². The number of benzene rings is 3. The van der Waals surface area contributed by atoms with Crippen molar-refractivity contribution in [3.8, 4) is 11.3 Å². The van der Waals surface area contributed by atoms with Crippen LogP contribution in [0.3, 0.4) is 0 Å².